The summed E-state index contributed by atoms with van der Waals surface area (Å²) in [4.78, 5) is 14.5. The van der Waals surface area contributed by atoms with Crippen LogP contribution in [0.15, 0.2) is 36.5 Å². The van der Waals surface area contributed by atoms with E-state index in [2.05, 4.69) is 36.2 Å². The van der Waals surface area contributed by atoms with Crippen molar-refractivity contribution in [1.29, 1.82) is 0 Å². The lowest BCUT2D eigenvalue weighted by Crippen LogP contribution is -2.51. The van der Waals surface area contributed by atoms with E-state index in [-0.39, 0.29) is 23.5 Å². The van der Waals surface area contributed by atoms with Gasteiger partial charge in [0.25, 0.3) is 5.91 Å². The highest BCUT2D eigenvalue weighted by atomic mass is 16.5. The van der Waals surface area contributed by atoms with Gasteiger partial charge in [-0.15, -0.1) is 0 Å². The van der Waals surface area contributed by atoms with Gasteiger partial charge < -0.3 is 9.64 Å². The molecule has 1 saturated heterocycles. The second-order valence-corrected chi connectivity index (χ2v) is 6.96. The highest BCUT2D eigenvalue weighted by molar-refractivity contribution is 5.92. The third-order valence-corrected chi connectivity index (χ3v) is 4.16. The van der Waals surface area contributed by atoms with Crippen molar-refractivity contribution in [3.05, 3.63) is 47.8 Å². The molecule has 2 atom stereocenters. The standard InChI is InChI=1S/C17H22N4O2/c1-17(2,3)15-11-21(16(22)13-9-18-20-19-13)10-14(23-15)12-7-5-4-6-8-12/h4-9,14-15H,10-11H2,1-3H3,(H,18,19,20)/t14-,15+/m0/s1. The molecule has 6 nitrogen and oxygen atoms in total. The maximum absolute atomic E-state index is 12.7. The van der Waals surface area contributed by atoms with Crippen molar-refractivity contribution >= 4 is 5.91 Å². The minimum absolute atomic E-state index is 0.0442. The minimum atomic E-state index is -0.134. The summed E-state index contributed by atoms with van der Waals surface area (Å²) in [6, 6.07) is 10.0. The fourth-order valence-electron chi connectivity index (χ4n) is 2.72. The molecule has 1 aliphatic heterocycles. The van der Waals surface area contributed by atoms with Crippen LogP contribution in [0.5, 0.6) is 0 Å². The lowest BCUT2D eigenvalue weighted by atomic mass is 9.87. The van der Waals surface area contributed by atoms with Crippen LogP contribution in [-0.4, -0.2) is 45.4 Å². The number of carbonyl (C=O) groups is 1. The molecule has 1 aliphatic rings. The second kappa shape index (κ2) is 6.12. The molecule has 1 fully saturated rings. The van der Waals surface area contributed by atoms with Gasteiger partial charge in [0.15, 0.2) is 5.69 Å². The summed E-state index contributed by atoms with van der Waals surface area (Å²) < 4.78 is 6.30. The van der Waals surface area contributed by atoms with Gasteiger partial charge in [-0.3, -0.25) is 4.79 Å². The molecule has 0 unspecified atom stereocenters. The predicted octanol–water partition coefficient (Wildman–Crippen LogP) is 2.43. The summed E-state index contributed by atoms with van der Waals surface area (Å²) in [5.74, 6) is -0.114. The first-order valence-electron chi connectivity index (χ1n) is 7.80. The Morgan fingerprint density at radius 1 is 1.26 bits per heavy atom. The van der Waals surface area contributed by atoms with Crippen molar-refractivity contribution in [2.75, 3.05) is 13.1 Å². The zero-order valence-corrected chi connectivity index (χ0v) is 13.7. The van der Waals surface area contributed by atoms with Gasteiger partial charge in [-0.25, -0.2) is 0 Å². The number of aromatic nitrogens is 3. The molecule has 2 aromatic rings. The molecule has 1 amide bonds. The quantitative estimate of drug-likeness (QED) is 0.924. The second-order valence-electron chi connectivity index (χ2n) is 6.96. The topological polar surface area (TPSA) is 71.1 Å². The van der Waals surface area contributed by atoms with Crippen molar-refractivity contribution in [3.63, 3.8) is 0 Å². The normalized spacial score (nSPS) is 22.1. The van der Waals surface area contributed by atoms with Crippen LogP contribution in [-0.2, 0) is 4.74 Å². The summed E-state index contributed by atoms with van der Waals surface area (Å²) in [6.07, 6.45) is 1.28. The van der Waals surface area contributed by atoms with Crippen LogP contribution in [0.1, 0.15) is 42.9 Å². The molecule has 0 spiro atoms. The minimum Gasteiger partial charge on any atom is -0.366 e. The molecule has 1 aromatic heterocycles. The molecule has 0 aliphatic carbocycles. The van der Waals surface area contributed by atoms with Crippen LogP contribution >= 0.6 is 0 Å². The van der Waals surface area contributed by atoms with Crippen LogP contribution in [0.2, 0.25) is 0 Å². The lowest BCUT2D eigenvalue weighted by molar-refractivity contribution is -0.119. The Hall–Kier alpha value is -2.21. The smallest absolute Gasteiger partial charge is 0.276 e. The average Bonchev–Trinajstić information content (AvgIpc) is 3.08. The third kappa shape index (κ3) is 3.42. The van der Waals surface area contributed by atoms with Crippen molar-refractivity contribution < 1.29 is 9.53 Å². The van der Waals surface area contributed by atoms with Gasteiger partial charge in [-0.2, -0.15) is 15.4 Å². The molecule has 23 heavy (non-hydrogen) atoms. The molecular weight excluding hydrogens is 292 g/mol. The summed E-state index contributed by atoms with van der Waals surface area (Å²) in [5, 5.41) is 10.1. The Balaban J connectivity index is 1.86. The Bertz CT molecular complexity index is 649. The van der Waals surface area contributed by atoms with Crippen LogP contribution in [0.4, 0.5) is 0 Å². The predicted molar refractivity (Wildman–Crippen MR) is 85.8 cm³/mol. The number of benzene rings is 1. The molecular formula is C17H22N4O2. The Kier molecular flexibility index (Phi) is 4.17. The Labute approximate surface area is 135 Å². The average molecular weight is 314 g/mol. The molecule has 1 N–H and O–H groups in total. The zero-order valence-electron chi connectivity index (χ0n) is 13.7. The molecule has 0 bridgehead atoms. The van der Waals surface area contributed by atoms with E-state index in [0.29, 0.717) is 18.8 Å². The molecule has 0 saturated carbocycles. The van der Waals surface area contributed by atoms with E-state index in [1.807, 2.05) is 35.2 Å². The van der Waals surface area contributed by atoms with E-state index in [1.54, 1.807) is 0 Å². The molecule has 3 rings (SSSR count). The van der Waals surface area contributed by atoms with Crippen molar-refractivity contribution in [3.8, 4) is 0 Å². The van der Waals surface area contributed by atoms with Crippen molar-refractivity contribution in [1.82, 2.24) is 20.3 Å². The Morgan fingerprint density at radius 3 is 2.61 bits per heavy atom. The van der Waals surface area contributed by atoms with E-state index < -0.39 is 0 Å². The van der Waals surface area contributed by atoms with Gasteiger partial charge in [0.2, 0.25) is 0 Å². The third-order valence-electron chi connectivity index (χ3n) is 4.16. The van der Waals surface area contributed by atoms with Gasteiger partial charge in [0.05, 0.1) is 18.8 Å². The monoisotopic (exact) mass is 314 g/mol. The number of ether oxygens (including phenoxy) is 1. The van der Waals surface area contributed by atoms with Crippen LogP contribution in [0.25, 0.3) is 0 Å². The number of amides is 1. The number of carbonyl (C=O) groups excluding carboxylic acids is 1. The van der Waals surface area contributed by atoms with E-state index in [0.717, 1.165) is 5.56 Å². The summed E-state index contributed by atoms with van der Waals surface area (Å²) in [5.41, 5.74) is 1.36. The number of nitrogens with one attached hydrogen (secondary N) is 1. The summed E-state index contributed by atoms with van der Waals surface area (Å²) in [6.45, 7) is 7.46. The number of rotatable bonds is 2. The molecule has 1 aromatic carbocycles. The molecule has 0 radical (unpaired) electrons. The van der Waals surface area contributed by atoms with Gasteiger partial charge in [-0.1, -0.05) is 51.1 Å². The number of H-pyrrole nitrogens is 1. The van der Waals surface area contributed by atoms with E-state index in [4.69, 9.17) is 4.74 Å². The molecule has 122 valence electrons. The number of morpholine rings is 1. The van der Waals surface area contributed by atoms with Gasteiger partial charge in [0.1, 0.15) is 6.10 Å². The van der Waals surface area contributed by atoms with Crippen molar-refractivity contribution in [2.45, 2.75) is 33.0 Å². The lowest BCUT2D eigenvalue weighted by Gasteiger charge is -2.43. The first kappa shape index (κ1) is 15.7. The van der Waals surface area contributed by atoms with Gasteiger partial charge in [-0.05, 0) is 11.0 Å². The van der Waals surface area contributed by atoms with Crippen LogP contribution < -0.4 is 0 Å². The van der Waals surface area contributed by atoms with Gasteiger partial charge >= 0.3 is 0 Å². The maximum Gasteiger partial charge on any atom is 0.276 e. The first-order valence-corrected chi connectivity index (χ1v) is 7.80. The SMILES string of the molecule is CC(C)(C)[C@H]1CN(C(=O)c2cn[nH]n2)C[C@@H](c2ccccc2)O1. The number of hydrogen-bond donors (Lipinski definition) is 1. The highest BCUT2D eigenvalue weighted by Crippen LogP contribution is 2.33. The van der Waals surface area contributed by atoms with E-state index >= 15 is 0 Å². The largest absolute Gasteiger partial charge is 0.366 e. The number of aromatic amines is 1. The maximum atomic E-state index is 12.7. The number of hydrogen-bond acceptors (Lipinski definition) is 4. The Morgan fingerprint density at radius 2 is 2.00 bits per heavy atom. The summed E-state index contributed by atoms with van der Waals surface area (Å²) >= 11 is 0. The van der Waals surface area contributed by atoms with Crippen LogP contribution in [0.3, 0.4) is 0 Å². The first-order chi connectivity index (χ1) is 10.9. The number of nitrogens with zero attached hydrogens (tertiary/aromatic N) is 3. The fourth-order valence-corrected chi connectivity index (χ4v) is 2.72. The zero-order chi connectivity index (χ0) is 16.4. The molecule has 2 heterocycles. The van der Waals surface area contributed by atoms with E-state index in [1.165, 1.54) is 6.20 Å². The highest BCUT2D eigenvalue weighted by Gasteiger charge is 2.38. The van der Waals surface area contributed by atoms with Crippen LogP contribution in [0, 0.1) is 5.41 Å². The summed E-state index contributed by atoms with van der Waals surface area (Å²) in [7, 11) is 0. The fraction of sp³-hybridized carbons (Fsp3) is 0.471. The molecule has 6 heteroatoms. The van der Waals surface area contributed by atoms with Gasteiger partial charge in [0, 0.05) is 6.54 Å². The van der Waals surface area contributed by atoms with E-state index in [9.17, 15) is 4.79 Å². The van der Waals surface area contributed by atoms with Crippen molar-refractivity contribution in [2.24, 2.45) is 5.41 Å².